The van der Waals surface area contributed by atoms with E-state index in [1.165, 1.54) is 6.07 Å². The Bertz CT molecular complexity index is 639. The van der Waals surface area contributed by atoms with Crippen molar-refractivity contribution in [2.45, 2.75) is 12.6 Å². The van der Waals surface area contributed by atoms with Gasteiger partial charge in [-0.1, -0.05) is 15.9 Å². The van der Waals surface area contributed by atoms with E-state index in [1.54, 1.807) is 10.8 Å². The topological polar surface area (TPSA) is 53.4 Å². The quantitative estimate of drug-likeness (QED) is 0.865. The summed E-state index contributed by atoms with van der Waals surface area (Å²) in [5.41, 5.74) is -0.291. The van der Waals surface area contributed by atoms with E-state index in [9.17, 15) is 4.79 Å². The van der Waals surface area contributed by atoms with Gasteiger partial charge in [0.25, 0.3) is 11.6 Å². The average Bonchev–Trinajstić information content (AvgIpc) is 2.80. The predicted octanol–water partition coefficient (Wildman–Crippen LogP) is 1.85. The number of hydrogen-bond acceptors (Lipinski definition) is 4. The van der Waals surface area contributed by atoms with Gasteiger partial charge < -0.3 is 9.47 Å². The Hall–Kier alpha value is -1.82. The van der Waals surface area contributed by atoms with E-state index in [2.05, 4.69) is 20.9 Å². The van der Waals surface area contributed by atoms with Gasteiger partial charge in [0, 0.05) is 16.7 Å². The molecule has 1 unspecified atom stereocenters. The molecular formula is C13H11BrN2O3. The van der Waals surface area contributed by atoms with Gasteiger partial charge in [0.2, 0.25) is 0 Å². The van der Waals surface area contributed by atoms with Crippen LogP contribution in [0.2, 0.25) is 0 Å². The van der Waals surface area contributed by atoms with Crippen molar-refractivity contribution in [1.82, 2.24) is 9.55 Å². The summed E-state index contributed by atoms with van der Waals surface area (Å²) >= 11 is 3.37. The van der Waals surface area contributed by atoms with E-state index in [4.69, 9.17) is 9.47 Å². The van der Waals surface area contributed by atoms with E-state index in [0.29, 0.717) is 19.2 Å². The highest BCUT2D eigenvalue weighted by Crippen LogP contribution is 2.19. The SMILES string of the molecule is O=c1ccn2c(n1)OC(COc1ccc(Br)cc1)C2. The molecule has 0 N–H and O–H groups in total. The van der Waals surface area contributed by atoms with Crippen LogP contribution in [0.4, 0.5) is 0 Å². The van der Waals surface area contributed by atoms with E-state index in [0.717, 1.165) is 10.2 Å². The predicted molar refractivity (Wildman–Crippen MR) is 72.6 cm³/mol. The second-order valence-corrected chi connectivity index (χ2v) is 5.12. The van der Waals surface area contributed by atoms with Crippen LogP contribution in [0, 0.1) is 0 Å². The van der Waals surface area contributed by atoms with Gasteiger partial charge in [-0.3, -0.25) is 9.36 Å². The van der Waals surface area contributed by atoms with Crippen LogP contribution < -0.4 is 15.0 Å². The molecule has 0 saturated carbocycles. The van der Waals surface area contributed by atoms with Crippen LogP contribution in [0.1, 0.15) is 0 Å². The van der Waals surface area contributed by atoms with Crippen LogP contribution >= 0.6 is 15.9 Å². The first-order chi connectivity index (χ1) is 9.20. The van der Waals surface area contributed by atoms with E-state index in [-0.39, 0.29) is 11.7 Å². The minimum atomic E-state index is -0.291. The van der Waals surface area contributed by atoms with Gasteiger partial charge in [-0.05, 0) is 24.3 Å². The minimum Gasteiger partial charge on any atom is -0.490 e. The van der Waals surface area contributed by atoms with Gasteiger partial charge >= 0.3 is 0 Å². The zero-order valence-electron chi connectivity index (χ0n) is 9.95. The highest BCUT2D eigenvalue weighted by molar-refractivity contribution is 9.10. The fourth-order valence-corrected chi connectivity index (χ4v) is 2.12. The number of hydrogen-bond donors (Lipinski definition) is 0. The summed E-state index contributed by atoms with van der Waals surface area (Å²) in [5.74, 6) is 0.783. The third-order valence-electron chi connectivity index (χ3n) is 2.77. The van der Waals surface area contributed by atoms with E-state index in [1.807, 2.05) is 24.3 Å². The third-order valence-corrected chi connectivity index (χ3v) is 3.30. The number of nitrogens with zero attached hydrogens (tertiary/aromatic N) is 2. The van der Waals surface area contributed by atoms with Gasteiger partial charge in [-0.2, -0.15) is 4.98 Å². The number of rotatable bonds is 3. The average molecular weight is 323 g/mol. The van der Waals surface area contributed by atoms with Crippen molar-refractivity contribution in [2.75, 3.05) is 6.61 Å². The first-order valence-corrected chi connectivity index (χ1v) is 6.62. The second-order valence-electron chi connectivity index (χ2n) is 4.21. The molecule has 98 valence electrons. The molecule has 1 aromatic heterocycles. The molecule has 0 aliphatic carbocycles. The van der Waals surface area contributed by atoms with Gasteiger partial charge in [-0.15, -0.1) is 0 Å². The highest BCUT2D eigenvalue weighted by atomic mass is 79.9. The molecule has 0 amide bonds. The Labute approximate surface area is 117 Å². The Morgan fingerprint density at radius 2 is 2.16 bits per heavy atom. The maximum Gasteiger partial charge on any atom is 0.300 e. The fraction of sp³-hybridized carbons (Fsp3) is 0.231. The van der Waals surface area contributed by atoms with E-state index >= 15 is 0 Å². The Balaban J connectivity index is 1.61. The van der Waals surface area contributed by atoms with Crippen molar-refractivity contribution >= 4 is 15.9 Å². The molecule has 2 heterocycles. The van der Waals surface area contributed by atoms with Gasteiger partial charge in [-0.25, -0.2) is 0 Å². The van der Waals surface area contributed by atoms with Crippen molar-refractivity contribution in [3.05, 3.63) is 51.4 Å². The Kier molecular flexibility index (Phi) is 3.25. The minimum absolute atomic E-state index is 0.127. The normalized spacial score (nSPS) is 16.8. The molecule has 6 heteroatoms. The zero-order chi connectivity index (χ0) is 13.2. The summed E-state index contributed by atoms with van der Waals surface area (Å²) in [4.78, 5) is 14.9. The van der Waals surface area contributed by atoms with Crippen LogP contribution in [0.5, 0.6) is 11.8 Å². The van der Waals surface area contributed by atoms with Crippen molar-refractivity contribution in [3.63, 3.8) is 0 Å². The van der Waals surface area contributed by atoms with Crippen LogP contribution in [0.3, 0.4) is 0 Å². The Morgan fingerprint density at radius 3 is 2.95 bits per heavy atom. The maximum atomic E-state index is 11.1. The van der Waals surface area contributed by atoms with Crippen LogP contribution in [0.15, 0.2) is 45.8 Å². The summed E-state index contributed by atoms with van der Waals surface area (Å²) in [6.45, 7) is 1.05. The number of halogens is 1. The first-order valence-electron chi connectivity index (χ1n) is 5.83. The number of aromatic nitrogens is 2. The molecule has 1 aliphatic heterocycles. The molecule has 0 radical (unpaired) electrons. The highest BCUT2D eigenvalue weighted by Gasteiger charge is 2.23. The smallest absolute Gasteiger partial charge is 0.300 e. The van der Waals surface area contributed by atoms with Crippen LogP contribution in [0.25, 0.3) is 0 Å². The molecule has 1 atom stereocenters. The molecule has 1 aliphatic rings. The first kappa shape index (κ1) is 12.2. The molecule has 0 spiro atoms. The maximum absolute atomic E-state index is 11.1. The lowest BCUT2D eigenvalue weighted by Gasteiger charge is -2.10. The molecule has 0 fully saturated rings. The van der Waals surface area contributed by atoms with Gasteiger partial charge in [0.15, 0.2) is 6.10 Å². The number of ether oxygens (including phenoxy) is 2. The van der Waals surface area contributed by atoms with Crippen molar-refractivity contribution in [3.8, 4) is 11.8 Å². The molecular weight excluding hydrogens is 312 g/mol. The van der Waals surface area contributed by atoms with Crippen molar-refractivity contribution in [1.29, 1.82) is 0 Å². The molecule has 0 bridgehead atoms. The monoisotopic (exact) mass is 322 g/mol. The van der Waals surface area contributed by atoms with Gasteiger partial charge in [0.05, 0.1) is 6.54 Å². The summed E-state index contributed by atoms with van der Waals surface area (Å²) < 4.78 is 14.0. The van der Waals surface area contributed by atoms with Crippen molar-refractivity contribution in [2.24, 2.45) is 0 Å². The second kappa shape index (κ2) is 5.05. The van der Waals surface area contributed by atoms with Crippen molar-refractivity contribution < 1.29 is 9.47 Å². The summed E-state index contributed by atoms with van der Waals surface area (Å²) in [7, 11) is 0. The molecule has 5 nitrogen and oxygen atoms in total. The molecule has 0 saturated heterocycles. The van der Waals surface area contributed by atoms with Crippen LogP contribution in [-0.4, -0.2) is 22.3 Å². The van der Waals surface area contributed by atoms with Crippen LogP contribution in [-0.2, 0) is 6.54 Å². The number of fused-ring (bicyclic) bond motifs is 1. The summed E-state index contributed by atoms with van der Waals surface area (Å²) in [6, 6.07) is 9.38. The molecule has 3 rings (SSSR count). The third kappa shape index (κ3) is 2.78. The fourth-order valence-electron chi connectivity index (χ4n) is 1.86. The lowest BCUT2D eigenvalue weighted by atomic mass is 10.3. The van der Waals surface area contributed by atoms with Gasteiger partial charge in [0.1, 0.15) is 12.4 Å². The largest absolute Gasteiger partial charge is 0.490 e. The molecule has 19 heavy (non-hydrogen) atoms. The molecule has 2 aromatic rings. The summed E-state index contributed by atoms with van der Waals surface area (Å²) in [6.07, 6.45) is 1.56. The number of benzene rings is 1. The van der Waals surface area contributed by atoms with E-state index < -0.39 is 0 Å². The Morgan fingerprint density at radius 1 is 1.37 bits per heavy atom. The summed E-state index contributed by atoms with van der Waals surface area (Å²) in [5, 5.41) is 0. The lowest BCUT2D eigenvalue weighted by molar-refractivity contribution is 0.143. The standard InChI is InChI=1S/C13H11BrN2O3/c14-9-1-3-10(4-2-9)18-8-11-7-16-6-5-12(17)15-13(16)19-11/h1-6,11H,7-8H2. The lowest BCUT2D eigenvalue weighted by Crippen LogP contribution is -2.23. The zero-order valence-corrected chi connectivity index (χ0v) is 11.5. The molecule has 1 aromatic carbocycles.